The normalized spacial score (nSPS) is 12.6. The molecule has 0 saturated heterocycles. The number of anilines is 2. The highest BCUT2D eigenvalue weighted by molar-refractivity contribution is 6.35. The number of hydrogen-bond acceptors (Lipinski definition) is 5. The van der Waals surface area contributed by atoms with E-state index in [-0.39, 0.29) is 34.1 Å². The van der Waals surface area contributed by atoms with Gasteiger partial charge < -0.3 is 21.1 Å². The van der Waals surface area contributed by atoms with Crippen LogP contribution in [0.4, 0.5) is 21.1 Å². The molecule has 1 saturated carbocycles. The molecule has 1 heterocycles. The molecule has 5 N–H and O–H groups in total. The molecule has 0 bridgehead atoms. The number of urea groups is 2. The summed E-state index contributed by atoms with van der Waals surface area (Å²) in [5.41, 5.74) is 5.29. The number of nitrogens with zero attached hydrogens (tertiary/aromatic N) is 2. The number of nitriles is 1. The lowest BCUT2D eigenvalue weighted by molar-refractivity contribution is 0.251. The number of nitrogens with one attached hydrogen (secondary N) is 3. The Kier molecular flexibility index (Phi) is 5.28. The summed E-state index contributed by atoms with van der Waals surface area (Å²) in [6, 6.07) is 7.02. The number of rotatable bonds is 5. The fourth-order valence-electron chi connectivity index (χ4n) is 2.21. The maximum Gasteiger partial charge on any atom is 0.320 e. The summed E-state index contributed by atoms with van der Waals surface area (Å²) in [6.07, 6.45) is 3.41. The van der Waals surface area contributed by atoms with E-state index in [1.54, 1.807) is 6.07 Å². The third-order valence-electron chi connectivity index (χ3n) is 3.59. The summed E-state index contributed by atoms with van der Waals surface area (Å²) in [5, 5.41) is 17.1. The standard InChI is InChI=1S/C17H15ClN6O3/c18-15-11(8-19)13(4-3-12(15)23-16(20)25)27-10-5-6-21-14(7-10)24-17(26)22-9-1-2-9/h3-7,9H,1-2H2,(H3,20,23,25)(H2,21,22,24,26). The number of amides is 4. The van der Waals surface area contributed by atoms with Crippen molar-refractivity contribution in [2.24, 2.45) is 5.73 Å². The van der Waals surface area contributed by atoms with E-state index in [9.17, 15) is 14.9 Å². The number of halogens is 1. The Bertz CT molecular complexity index is 939. The van der Waals surface area contributed by atoms with Crippen LogP contribution in [0, 0.1) is 11.3 Å². The van der Waals surface area contributed by atoms with Crippen LogP contribution in [-0.4, -0.2) is 23.1 Å². The molecule has 27 heavy (non-hydrogen) atoms. The van der Waals surface area contributed by atoms with Crippen LogP contribution < -0.4 is 26.4 Å². The van der Waals surface area contributed by atoms with Gasteiger partial charge in [-0.1, -0.05) is 11.6 Å². The van der Waals surface area contributed by atoms with Crippen molar-refractivity contribution in [1.29, 1.82) is 5.26 Å². The highest BCUT2D eigenvalue weighted by Crippen LogP contribution is 2.35. The number of carbonyl (C=O) groups excluding carboxylic acids is 2. The molecule has 0 atom stereocenters. The van der Waals surface area contributed by atoms with Crippen LogP contribution in [0.2, 0.25) is 5.02 Å². The average Bonchev–Trinajstić information content (AvgIpc) is 3.41. The number of nitrogens with two attached hydrogens (primary N) is 1. The van der Waals surface area contributed by atoms with Crippen molar-refractivity contribution in [3.63, 3.8) is 0 Å². The predicted octanol–water partition coefficient (Wildman–Crippen LogP) is 3.17. The number of benzene rings is 1. The maximum atomic E-state index is 11.8. The first-order valence-electron chi connectivity index (χ1n) is 7.96. The van der Waals surface area contributed by atoms with Crippen molar-refractivity contribution in [3.8, 4) is 17.6 Å². The van der Waals surface area contributed by atoms with Gasteiger partial charge in [-0.2, -0.15) is 5.26 Å². The third-order valence-corrected chi connectivity index (χ3v) is 3.98. The first-order valence-corrected chi connectivity index (χ1v) is 8.34. The van der Waals surface area contributed by atoms with Gasteiger partial charge in [0.1, 0.15) is 28.9 Å². The second-order valence-corrected chi connectivity index (χ2v) is 6.13. The largest absolute Gasteiger partial charge is 0.456 e. The van der Waals surface area contributed by atoms with E-state index in [0.717, 1.165) is 12.8 Å². The number of primary amides is 1. The lowest BCUT2D eigenvalue weighted by Gasteiger charge is -2.12. The van der Waals surface area contributed by atoms with Gasteiger partial charge in [-0.05, 0) is 31.0 Å². The van der Waals surface area contributed by atoms with Crippen molar-refractivity contribution in [2.75, 3.05) is 10.6 Å². The van der Waals surface area contributed by atoms with Crippen LogP contribution >= 0.6 is 11.6 Å². The summed E-state index contributed by atoms with van der Waals surface area (Å²) >= 11 is 6.13. The zero-order valence-electron chi connectivity index (χ0n) is 14.0. The number of hydrogen-bond donors (Lipinski definition) is 4. The molecule has 3 rings (SSSR count). The average molecular weight is 387 g/mol. The van der Waals surface area contributed by atoms with Gasteiger partial charge in [0.2, 0.25) is 0 Å². The summed E-state index contributed by atoms with van der Waals surface area (Å²) < 4.78 is 5.69. The zero-order chi connectivity index (χ0) is 19.4. The predicted molar refractivity (Wildman–Crippen MR) is 98.9 cm³/mol. The van der Waals surface area contributed by atoms with Crippen LogP contribution in [-0.2, 0) is 0 Å². The maximum absolute atomic E-state index is 11.8. The van der Waals surface area contributed by atoms with E-state index in [2.05, 4.69) is 20.9 Å². The molecule has 0 spiro atoms. The summed E-state index contributed by atoms with van der Waals surface area (Å²) in [7, 11) is 0. The number of pyridine rings is 1. The fraction of sp³-hybridized carbons (Fsp3) is 0.176. The molecule has 4 amide bonds. The minimum atomic E-state index is -0.802. The van der Waals surface area contributed by atoms with Crippen molar-refractivity contribution in [2.45, 2.75) is 18.9 Å². The highest BCUT2D eigenvalue weighted by Gasteiger charge is 2.23. The first kappa shape index (κ1) is 18.3. The molecule has 2 aromatic rings. The van der Waals surface area contributed by atoms with Gasteiger partial charge in [-0.3, -0.25) is 5.32 Å². The molecule has 138 valence electrons. The molecule has 1 fully saturated rings. The quantitative estimate of drug-likeness (QED) is 0.624. The SMILES string of the molecule is N#Cc1c(Oc2ccnc(NC(=O)NC3CC3)c2)ccc(NC(N)=O)c1Cl. The van der Waals surface area contributed by atoms with Gasteiger partial charge >= 0.3 is 12.1 Å². The van der Waals surface area contributed by atoms with Gasteiger partial charge in [0.25, 0.3) is 0 Å². The van der Waals surface area contributed by atoms with Gasteiger partial charge in [0, 0.05) is 18.3 Å². The lowest BCUT2D eigenvalue weighted by atomic mass is 10.2. The Morgan fingerprint density at radius 3 is 2.74 bits per heavy atom. The number of ether oxygens (including phenoxy) is 1. The molecule has 0 radical (unpaired) electrons. The molecular formula is C17H15ClN6O3. The minimum absolute atomic E-state index is 0.00464. The zero-order valence-corrected chi connectivity index (χ0v) is 14.7. The second kappa shape index (κ2) is 7.80. The van der Waals surface area contributed by atoms with E-state index in [4.69, 9.17) is 22.1 Å². The van der Waals surface area contributed by atoms with Crippen LogP contribution in [0.3, 0.4) is 0 Å². The van der Waals surface area contributed by atoms with E-state index >= 15 is 0 Å². The Morgan fingerprint density at radius 1 is 1.30 bits per heavy atom. The molecule has 0 unspecified atom stereocenters. The Balaban J connectivity index is 1.77. The lowest BCUT2D eigenvalue weighted by Crippen LogP contribution is -2.30. The fourth-order valence-corrected chi connectivity index (χ4v) is 2.46. The van der Waals surface area contributed by atoms with Crippen molar-refractivity contribution in [1.82, 2.24) is 10.3 Å². The monoisotopic (exact) mass is 386 g/mol. The Hall–Kier alpha value is -3.51. The van der Waals surface area contributed by atoms with E-state index in [0.29, 0.717) is 11.6 Å². The molecule has 9 nitrogen and oxygen atoms in total. The molecule has 1 aromatic carbocycles. The summed E-state index contributed by atoms with van der Waals surface area (Å²) in [6.45, 7) is 0. The first-order chi connectivity index (χ1) is 13.0. The van der Waals surface area contributed by atoms with Crippen molar-refractivity contribution < 1.29 is 14.3 Å². The van der Waals surface area contributed by atoms with Crippen LogP contribution in [0.5, 0.6) is 11.5 Å². The van der Waals surface area contributed by atoms with Crippen molar-refractivity contribution >= 4 is 35.2 Å². The van der Waals surface area contributed by atoms with Crippen LogP contribution in [0.15, 0.2) is 30.5 Å². The molecule has 10 heteroatoms. The van der Waals surface area contributed by atoms with E-state index in [1.807, 2.05) is 6.07 Å². The highest BCUT2D eigenvalue weighted by atomic mass is 35.5. The molecule has 0 aliphatic heterocycles. The van der Waals surface area contributed by atoms with Gasteiger partial charge in [0.05, 0.1) is 10.7 Å². The third kappa shape index (κ3) is 4.77. The van der Waals surface area contributed by atoms with E-state index < -0.39 is 6.03 Å². The Labute approximate surface area is 159 Å². The summed E-state index contributed by atoms with van der Waals surface area (Å²) in [4.78, 5) is 26.8. The topological polar surface area (TPSA) is 142 Å². The van der Waals surface area contributed by atoms with Gasteiger partial charge in [-0.25, -0.2) is 14.6 Å². The smallest absolute Gasteiger partial charge is 0.320 e. The number of carbonyl (C=O) groups is 2. The summed E-state index contributed by atoms with van der Waals surface area (Å²) in [5.74, 6) is 0.814. The Morgan fingerprint density at radius 2 is 2.07 bits per heavy atom. The minimum Gasteiger partial charge on any atom is -0.456 e. The number of aromatic nitrogens is 1. The van der Waals surface area contributed by atoms with E-state index in [1.165, 1.54) is 24.4 Å². The van der Waals surface area contributed by atoms with Gasteiger partial charge in [0.15, 0.2) is 0 Å². The molecule has 1 aliphatic rings. The molecular weight excluding hydrogens is 372 g/mol. The van der Waals surface area contributed by atoms with Crippen LogP contribution in [0.1, 0.15) is 18.4 Å². The van der Waals surface area contributed by atoms with Gasteiger partial charge in [-0.15, -0.1) is 0 Å². The van der Waals surface area contributed by atoms with Crippen molar-refractivity contribution in [3.05, 3.63) is 41.0 Å². The second-order valence-electron chi connectivity index (χ2n) is 5.75. The molecule has 1 aliphatic carbocycles. The molecule has 1 aromatic heterocycles. The van der Waals surface area contributed by atoms with Crippen LogP contribution in [0.25, 0.3) is 0 Å².